The van der Waals surface area contributed by atoms with Crippen LogP contribution in [-0.4, -0.2) is 32.9 Å². The van der Waals surface area contributed by atoms with Crippen LogP contribution in [0.25, 0.3) is 21.7 Å². The molecule has 152 valence electrons. The van der Waals surface area contributed by atoms with Crippen molar-refractivity contribution in [3.63, 3.8) is 0 Å². The van der Waals surface area contributed by atoms with Gasteiger partial charge in [-0.3, -0.25) is 19.7 Å². The number of aryl methyl sites for hydroxylation is 1. The van der Waals surface area contributed by atoms with Crippen LogP contribution in [0.3, 0.4) is 0 Å². The monoisotopic (exact) mass is 412 g/mol. The van der Waals surface area contributed by atoms with E-state index in [4.69, 9.17) is 0 Å². The second kappa shape index (κ2) is 6.88. The van der Waals surface area contributed by atoms with Gasteiger partial charge in [0.15, 0.2) is 0 Å². The quantitative estimate of drug-likeness (QED) is 0.232. The highest BCUT2D eigenvalue weighted by molar-refractivity contribution is 6.26. The number of benzene rings is 3. The second-order valence-corrected chi connectivity index (χ2v) is 7.22. The highest BCUT2D eigenvalue weighted by Crippen LogP contribution is 2.35. The summed E-state index contributed by atoms with van der Waals surface area (Å²) in [6.07, 6.45) is 4.12. The number of nitro benzene ring substituents is 1. The Morgan fingerprint density at radius 2 is 1.74 bits per heavy atom. The Kier molecular flexibility index (Phi) is 4.14. The van der Waals surface area contributed by atoms with Crippen LogP contribution < -0.4 is 0 Å². The lowest BCUT2D eigenvalue weighted by Crippen LogP contribution is -2.36. The minimum absolute atomic E-state index is 0.149. The average Bonchev–Trinajstić information content (AvgIpc) is 3.20. The molecule has 3 aromatic carbocycles. The summed E-state index contributed by atoms with van der Waals surface area (Å²) in [4.78, 5) is 40.1. The Labute approximate surface area is 175 Å². The van der Waals surface area contributed by atoms with E-state index in [0.717, 1.165) is 33.5 Å². The molecule has 8 nitrogen and oxygen atoms in total. The normalized spacial score (nSPS) is 13.6. The zero-order valence-electron chi connectivity index (χ0n) is 16.5. The van der Waals surface area contributed by atoms with Gasteiger partial charge in [-0.1, -0.05) is 31.2 Å². The molecule has 1 aliphatic heterocycles. The van der Waals surface area contributed by atoms with Crippen molar-refractivity contribution in [3.05, 3.63) is 87.1 Å². The minimum atomic E-state index is -0.617. The van der Waals surface area contributed by atoms with Gasteiger partial charge in [-0.25, -0.2) is 0 Å². The Balaban J connectivity index is 1.59. The van der Waals surface area contributed by atoms with Crippen molar-refractivity contribution in [2.75, 3.05) is 0 Å². The number of hydrogen-bond donors (Lipinski definition) is 1. The molecule has 0 spiro atoms. The summed E-state index contributed by atoms with van der Waals surface area (Å²) >= 11 is 0. The van der Waals surface area contributed by atoms with Crippen molar-refractivity contribution in [1.29, 1.82) is 0 Å². The summed E-state index contributed by atoms with van der Waals surface area (Å²) in [5.41, 5.74) is 3.16. The lowest BCUT2D eigenvalue weighted by Gasteiger charge is -2.22. The van der Waals surface area contributed by atoms with Crippen molar-refractivity contribution in [2.24, 2.45) is 5.10 Å². The lowest BCUT2D eigenvalue weighted by molar-refractivity contribution is -0.383. The number of nitrogens with one attached hydrogen (secondary N) is 1. The van der Waals surface area contributed by atoms with Gasteiger partial charge in [0.05, 0.1) is 27.7 Å². The molecule has 1 aliphatic rings. The first-order chi connectivity index (χ1) is 15.0. The van der Waals surface area contributed by atoms with Crippen LogP contribution in [0, 0.1) is 10.1 Å². The number of fused-ring (bicyclic) bond motifs is 1. The van der Waals surface area contributed by atoms with E-state index >= 15 is 0 Å². The average molecular weight is 412 g/mol. The number of carbonyl (C=O) groups is 2. The van der Waals surface area contributed by atoms with Crippen molar-refractivity contribution in [3.8, 4) is 0 Å². The third kappa shape index (κ3) is 2.72. The van der Waals surface area contributed by atoms with Crippen molar-refractivity contribution in [1.82, 2.24) is 9.99 Å². The van der Waals surface area contributed by atoms with Gasteiger partial charge in [-0.15, -0.1) is 0 Å². The van der Waals surface area contributed by atoms with Gasteiger partial charge in [-0.2, -0.15) is 10.1 Å². The summed E-state index contributed by atoms with van der Waals surface area (Å²) in [6.45, 7) is 2.07. The maximum absolute atomic E-state index is 13.0. The number of aromatic amines is 1. The molecule has 4 aromatic rings. The molecule has 0 bridgehead atoms. The van der Waals surface area contributed by atoms with E-state index in [1.165, 1.54) is 24.4 Å². The third-order valence-electron chi connectivity index (χ3n) is 5.59. The molecular formula is C23H16N4O4. The van der Waals surface area contributed by atoms with Gasteiger partial charge in [-0.05, 0) is 30.2 Å². The van der Waals surface area contributed by atoms with Crippen LogP contribution in [0.2, 0.25) is 0 Å². The number of nitro groups is 1. The number of aromatic nitrogens is 1. The molecule has 0 unspecified atom stereocenters. The van der Waals surface area contributed by atoms with E-state index in [-0.39, 0.29) is 27.6 Å². The van der Waals surface area contributed by atoms with Gasteiger partial charge < -0.3 is 4.98 Å². The van der Waals surface area contributed by atoms with Crippen LogP contribution in [-0.2, 0) is 6.42 Å². The number of rotatable bonds is 4. The predicted octanol–water partition coefficient (Wildman–Crippen LogP) is 4.42. The number of amides is 2. The number of non-ortho nitro benzene ring substituents is 1. The topological polar surface area (TPSA) is 109 Å². The Morgan fingerprint density at radius 1 is 1.03 bits per heavy atom. The lowest BCUT2D eigenvalue weighted by atomic mass is 9.94. The summed E-state index contributed by atoms with van der Waals surface area (Å²) in [5.74, 6) is -1.23. The number of imide groups is 1. The molecule has 8 heteroatoms. The number of para-hydroxylation sites is 1. The van der Waals surface area contributed by atoms with Gasteiger partial charge in [0, 0.05) is 34.1 Å². The molecule has 5 rings (SSSR count). The maximum Gasteiger partial charge on any atom is 0.282 e. The fourth-order valence-corrected chi connectivity index (χ4v) is 4.09. The zero-order valence-corrected chi connectivity index (χ0v) is 16.5. The van der Waals surface area contributed by atoms with Crippen LogP contribution in [0.1, 0.15) is 38.8 Å². The maximum atomic E-state index is 13.0. The summed E-state index contributed by atoms with van der Waals surface area (Å²) in [7, 11) is 0. The van der Waals surface area contributed by atoms with Crippen LogP contribution in [0.4, 0.5) is 5.69 Å². The fraction of sp³-hybridized carbons (Fsp3) is 0.0870. The van der Waals surface area contributed by atoms with Crippen molar-refractivity contribution in [2.45, 2.75) is 13.3 Å². The smallest absolute Gasteiger partial charge is 0.282 e. The SMILES string of the molecule is CCc1cccc2c(C=NN3C(=O)c4cccc5c([N+](=O)[O-])ccc(c45)C3=O)c[nH]c12. The fourth-order valence-electron chi connectivity index (χ4n) is 4.09. The largest absolute Gasteiger partial charge is 0.360 e. The Hall–Kier alpha value is -4.33. The number of H-pyrrole nitrogens is 1. The van der Waals surface area contributed by atoms with Gasteiger partial charge in [0.25, 0.3) is 17.5 Å². The Morgan fingerprint density at radius 3 is 2.48 bits per heavy atom. The molecule has 0 saturated heterocycles. The first kappa shape index (κ1) is 18.7. The molecule has 0 radical (unpaired) electrons. The standard InChI is InChI=1S/C23H16N4O4/c1-2-13-5-3-6-15-14(11-24-21(13)15)12-25-26-22(28)17-8-4-7-16-19(27(30)31)10-9-18(20(16)17)23(26)29/h3-12,24H,2H2,1H3. The summed E-state index contributed by atoms with van der Waals surface area (Å²) in [6, 6.07) is 13.2. The minimum Gasteiger partial charge on any atom is -0.360 e. The second-order valence-electron chi connectivity index (χ2n) is 7.22. The molecular weight excluding hydrogens is 396 g/mol. The zero-order chi connectivity index (χ0) is 21.7. The molecule has 0 aliphatic carbocycles. The van der Waals surface area contributed by atoms with Gasteiger partial charge in [0.1, 0.15) is 0 Å². The molecule has 0 atom stereocenters. The molecule has 2 amide bonds. The van der Waals surface area contributed by atoms with E-state index < -0.39 is 16.7 Å². The summed E-state index contributed by atoms with van der Waals surface area (Å²) in [5, 5.41) is 17.9. The number of carbonyl (C=O) groups excluding carboxylic acids is 2. The molecule has 31 heavy (non-hydrogen) atoms. The van der Waals surface area contributed by atoms with E-state index in [0.29, 0.717) is 0 Å². The molecule has 2 heterocycles. The number of nitrogens with zero attached hydrogens (tertiary/aromatic N) is 3. The van der Waals surface area contributed by atoms with Gasteiger partial charge >= 0.3 is 0 Å². The summed E-state index contributed by atoms with van der Waals surface area (Å²) < 4.78 is 0. The third-order valence-corrected chi connectivity index (χ3v) is 5.59. The van der Waals surface area contributed by atoms with E-state index in [1.54, 1.807) is 18.3 Å². The van der Waals surface area contributed by atoms with Crippen LogP contribution in [0.15, 0.2) is 59.8 Å². The first-order valence-corrected chi connectivity index (χ1v) is 9.73. The number of hydrazone groups is 1. The van der Waals surface area contributed by atoms with E-state index in [1.807, 2.05) is 18.2 Å². The molecule has 0 saturated carbocycles. The molecule has 1 N–H and O–H groups in total. The molecule has 1 aromatic heterocycles. The van der Waals surface area contributed by atoms with Gasteiger partial charge in [0.2, 0.25) is 0 Å². The van der Waals surface area contributed by atoms with Crippen molar-refractivity contribution < 1.29 is 14.5 Å². The Bertz CT molecular complexity index is 1430. The molecule has 0 fully saturated rings. The van der Waals surface area contributed by atoms with Crippen LogP contribution >= 0.6 is 0 Å². The highest BCUT2D eigenvalue weighted by atomic mass is 16.6. The number of hydrogen-bond acceptors (Lipinski definition) is 5. The highest BCUT2D eigenvalue weighted by Gasteiger charge is 2.34. The van der Waals surface area contributed by atoms with Crippen LogP contribution in [0.5, 0.6) is 0 Å². The van der Waals surface area contributed by atoms with E-state index in [2.05, 4.69) is 17.0 Å². The first-order valence-electron chi connectivity index (χ1n) is 9.73. The predicted molar refractivity (Wildman–Crippen MR) is 116 cm³/mol. The van der Waals surface area contributed by atoms with Crippen molar-refractivity contribution >= 4 is 45.4 Å². The van der Waals surface area contributed by atoms with E-state index in [9.17, 15) is 19.7 Å².